The molecule has 0 amide bonds. The third kappa shape index (κ3) is 3.29. The summed E-state index contributed by atoms with van der Waals surface area (Å²) in [5.74, 6) is 0.535. The van der Waals surface area contributed by atoms with Crippen LogP contribution >= 0.6 is 0 Å². The molecule has 3 rings (SSSR count). The van der Waals surface area contributed by atoms with Crippen molar-refractivity contribution in [1.29, 1.82) is 0 Å². The smallest absolute Gasteiger partial charge is 0.292 e. The van der Waals surface area contributed by atoms with Crippen LogP contribution in [-0.4, -0.2) is 47.2 Å². The fourth-order valence-corrected chi connectivity index (χ4v) is 4.67. The maximum absolute atomic E-state index is 12.7. The van der Waals surface area contributed by atoms with Gasteiger partial charge in [-0.25, -0.2) is 8.42 Å². The Kier molecular flexibility index (Phi) is 3.75. The molecule has 2 heterocycles. The summed E-state index contributed by atoms with van der Waals surface area (Å²) < 4.78 is 63.0. The molecule has 22 heavy (non-hydrogen) atoms. The lowest BCUT2D eigenvalue weighted by molar-refractivity contribution is -0.141. The maximum atomic E-state index is 12.7. The Balaban J connectivity index is 1.78. The molecule has 1 aliphatic heterocycles. The van der Waals surface area contributed by atoms with Gasteiger partial charge in [0.1, 0.15) is 0 Å². The van der Waals surface area contributed by atoms with Crippen molar-refractivity contribution >= 4 is 9.84 Å². The topological polar surface area (TPSA) is 55.2 Å². The third-order valence-electron chi connectivity index (χ3n) is 4.38. The molecular weight excluding hydrogens is 319 g/mol. The van der Waals surface area contributed by atoms with Gasteiger partial charge in [-0.3, -0.25) is 9.58 Å². The second-order valence-electron chi connectivity index (χ2n) is 6.13. The predicted molar refractivity (Wildman–Crippen MR) is 73.8 cm³/mol. The molecule has 1 aliphatic carbocycles. The Hall–Kier alpha value is -1.09. The van der Waals surface area contributed by atoms with Gasteiger partial charge in [-0.2, -0.15) is 18.3 Å². The Morgan fingerprint density at radius 1 is 1.36 bits per heavy atom. The zero-order chi connectivity index (χ0) is 16.1. The maximum Gasteiger partial charge on any atom is 0.435 e. The van der Waals surface area contributed by atoms with E-state index in [0.29, 0.717) is 24.7 Å². The van der Waals surface area contributed by atoms with Crippen LogP contribution in [0.1, 0.15) is 24.2 Å². The van der Waals surface area contributed by atoms with Crippen LogP contribution in [0.15, 0.2) is 6.07 Å². The van der Waals surface area contributed by atoms with Gasteiger partial charge in [0.2, 0.25) is 0 Å². The zero-order valence-electron chi connectivity index (χ0n) is 12.2. The zero-order valence-corrected chi connectivity index (χ0v) is 13.0. The first-order valence-electron chi connectivity index (χ1n) is 7.20. The second-order valence-corrected chi connectivity index (χ2v) is 8.36. The molecule has 2 aliphatic rings. The SMILES string of the molecule is Cn1nc(C(F)(F)F)cc1CN1CCS(=O)(=O)CC1C1CC1. The Labute approximate surface area is 127 Å². The van der Waals surface area contributed by atoms with Gasteiger partial charge >= 0.3 is 6.18 Å². The van der Waals surface area contributed by atoms with Gasteiger partial charge in [-0.15, -0.1) is 0 Å². The van der Waals surface area contributed by atoms with E-state index < -0.39 is 21.7 Å². The summed E-state index contributed by atoms with van der Waals surface area (Å²) in [7, 11) is -1.55. The van der Waals surface area contributed by atoms with Crippen LogP contribution in [0.5, 0.6) is 0 Å². The number of hydrogen-bond donors (Lipinski definition) is 0. The Morgan fingerprint density at radius 3 is 2.59 bits per heavy atom. The highest BCUT2D eigenvalue weighted by molar-refractivity contribution is 7.91. The highest BCUT2D eigenvalue weighted by Crippen LogP contribution is 2.38. The summed E-state index contributed by atoms with van der Waals surface area (Å²) in [5, 5.41) is 3.51. The number of hydrogen-bond acceptors (Lipinski definition) is 4. The van der Waals surface area contributed by atoms with E-state index in [4.69, 9.17) is 0 Å². The van der Waals surface area contributed by atoms with Crippen LogP contribution in [-0.2, 0) is 29.6 Å². The van der Waals surface area contributed by atoms with Crippen molar-refractivity contribution in [3.05, 3.63) is 17.5 Å². The Bertz CT molecular complexity index is 665. The van der Waals surface area contributed by atoms with Crippen molar-refractivity contribution in [3.63, 3.8) is 0 Å². The fourth-order valence-electron chi connectivity index (χ4n) is 2.98. The molecule has 0 spiro atoms. The van der Waals surface area contributed by atoms with Gasteiger partial charge in [0.25, 0.3) is 0 Å². The van der Waals surface area contributed by atoms with Crippen LogP contribution in [0.2, 0.25) is 0 Å². The largest absolute Gasteiger partial charge is 0.435 e. The summed E-state index contributed by atoms with van der Waals surface area (Å²) in [4.78, 5) is 2.00. The molecule has 2 fully saturated rings. The number of alkyl halides is 3. The van der Waals surface area contributed by atoms with E-state index in [1.807, 2.05) is 4.90 Å². The van der Waals surface area contributed by atoms with Gasteiger partial charge in [-0.1, -0.05) is 0 Å². The molecule has 1 saturated carbocycles. The lowest BCUT2D eigenvalue weighted by atomic mass is 10.1. The molecule has 0 aromatic carbocycles. The predicted octanol–water partition coefficient (Wildman–Crippen LogP) is 1.45. The molecule has 1 atom stereocenters. The molecule has 1 aromatic heterocycles. The first-order valence-corrected chi connectivity index (χ1v) is 9.02. The molecule has 1 aromatic rings. The summed E-state index contributed by atoms with van der Waals surface area (Å²) in [6.07, 6.45) is -2.47. The average Bonchev–Trinajstić information content (AvgIpc) is 3.15. The number of aryl methyl sites for hydroxylation is 1. The van der Waals surface area contributed by atoms with Crippen LogP contribution in [0, 0.1) is 5.92 Å². The monoisotopic (exact) mass is 337 g/mol. The van der Waals surface area contributed by atoms with E-state index in [1.165, 1.54) is 11.7 Å². The molecule has 9 heteroatoms. The minimum Gasteiger partial charge on any atom is -0.292 e. The molecule has 0 radical (unpaired) electrons. The standard InChI is InChI=1S/C13H18F3N3O2S/c1-18-10(6-12(17-18)13(14,15)16)7-19-4-5-22(20,21)8-11(19)9-2-3-9/h6,9,11H,2-5,7-8H2,1H3. The van der Waals surface area contributed by atoms with E-state index in [9.17, 15) is 21.6 Å². The minimum atomic E-state index is -4.46. The van der Waals surface area contributed by atoms with Crippen molar-refractivity contribution in [2.45, 2.75) is 31.6 Å². The van der Waals surface area contributed by atoms with Crippen molar-refractivity contribution in [2.75, 3.05) is 18.1 Å². The lowest BCUT2D eigenvalue weighted by Crippen LogP contribution is -2.49. The average molecular weight is 337 g/mol. The number of halogens is 3. The van der Waals surface area contributed by atoms with E-state index in [0.717, 1.165) is 18.9 Å². The van der Waals surface area contributed by atoms with Gasteiger partial charge in [-0.05, 0) is 24.8 Å². The summed E-state index contributed by atoms with van der Waals surface area (Å²) >= 11 is 0. The van der Waals surface area contributed by atoms with Gasteiger partial charge in [0, 0.05) is 26.2 Å². The van der Waals surface area contributed by atoms with Gasteiger partial charge in [0.05, 0.1) is 17.2 Å². The molecule has 1 saturated heterocycles. The quantitative estimate of drug-likeness (QED) is 0.838. The Morgan fingerprint density at radius 2 is 2.05 bits per heavy atom. The lowest BCUT2D eigenvalue weighted by Gasteiger charge is -2.35. The van der Waals surface area contributed by atoms with E-state index in [1.54, 1.807) is 0 Å². The van der Waals surface area contributed by atoms with Crippen molar-refractivity contribution in [2.24, 2.45) is 13.0 Å². The van der Waals surface area contributed by atoms with Crippen LogP contribution in [0.25, 0.3) is 0 Å². The van der Waals surface area contributed by atoms with Gasteiger partial charge < -0.3 is 0 Å². The number of nitrogens with zero attached hydrogens (tertiary/aromatic N) is 3. The number of aromatic nitrogens is 2. The summed E-state index contributed by atoms with van der Waals surface area (Å²) in [6, 6.07) is 0.968. The molecule has 0 N–H and O–H groups in total. The minimum absolute atomic E-state index is 0.0696. The fraction of sp³-hybridized carbons (Fsp3) is 0.769. The van der Waals surface area contributed by atoms with Crippen molar-refractivity contribution in [1.82, 2.24) is 14.7 Å². The first kappa shape index (κ1) is 15.8. The highest BCUT2D eigenvalue weighted by atomic mass is 32.2. The molecular formula is C13H18F3N3O2S. The van der Waals surface area contributed by atoms with Gasteiger partial charge in [0.15, 0.2) is 15.5 Å². The molecule has 1 unspecified atom stereocenters. The first-order chi connectivity index (χ1) is 10.2. The summed E-state index contributed by atoms with van der Waals surface area (Å²) in [5.41, 5.74) is -0.449. The number of sulfone groups is 1. The van der Waals surface area contributed by atoms with Crippen LogP contribution < -0.4 is 0 Å². The highest BCUT2D eigenvalue weighted by Gasteiger charge is 2.41. The molecule has 5 nitrogen and oxygen atoms in total. The number of rotatable bonds is 3. The molecule has 0 bridgehead atoms. The normalized spacial score (nSPS) is 26.3. The van der Waals surface area contributed by atoms with Crippen molar-refractivity contribution < 1.29 is 21.6 Å². The molecule has 124 valence electrons. The van der Waals surface area contributed by atoms with Crippen LogP contribution in [0.3, 0.4) is 0 Å². The van der Waals surface area contributed by atoms with E-state index in [2.05, 4.69) is 5.10 Å². The summed E-state index contributed by atoms with van der Waals surface area (Å²) in [6.45, 7) is 0.673. The van der Waals surface area contributed by atoms with E-state index >= 15 is 0 Å². The van der Waals surface area contributed by atoms with Crippen LogP contribution in [0.4, 0.5) is 13.2 Å². The van der Waals surface area contributed by atoms with E-state index in [-0.39, 0.29) is 17.5 Å². The van der Waals surface area contributed by atoms with Crippen molar-refractivity contribution in [3.8, 4) is 0 Å². The third-order valence-corrected chi connectivity index (χ3v) is 6.04. The second kappa shape index (κ2) is 5.23.